The molecule has 0 aliphatic heterocycles. The highest BCUT2D eigenvalue weighted by molar-refractivity contribution is 5.92. The Morgan fingerprint density at radius 2 is 2.16 bits per heavy atom. The third-order valence-electron chi connectivity index (χ3n) is 3.26. The van der Waals surface area contributed by atoms with Crippen LogP contribution in [-0.2, 0) is 7.05 Å². The number of aliphatic hydroxyl groups excluding tert-OH is 1. The van der Waals surface area contributed by atoms with E-state index in [1.165, 1.54) is 0 Å². The maximum atomic E-state index is 12.0. The van der Waals surface area contributed by atoms with Gasteiger partial charge in [0.25, 0.3) is 5.91 Å². The first-order valence-corrected chi connectivity index (χ1v) is 6.70. The van der Waals surface area contributed by atoms with Crippen LogP contribution in [0.5, 0.6) is 0 Å². The number of carbonyl (C=O) groups is 1. The van der Waals surface area contributed by atoms with E-state index in [9.17, 15) is 4.79 Å². The van der Waals surface area contributed by atoms with Crippen LogP contribution < -0.4 is 5.32 Å². The van der Waals surface area contributed by atoms with Crippen LogP contribution in [0.1, 0.15) is 56.2 Å². The van der Waals surface area contributed by atoms with E-state index in [-0.39, 0.29) is 17.9 Å². The minimum atomic E-state index is -0.159. The van der Waals surface area contributed by atoms with Crippen LogP contribution in [0.15, 0.2) is 6.07 Å². The number of hydrogen-bond donors (Lipinski definition) is 2. The summed E-state index contributed by atoms with van der Waals surface area (Å²) in [5, 5.41) is 16.1. The van der Waals surface area contributed by atoms with E-state index in [4.69, 9.17) is 5.11 Å². The molecule has 0 aliphatic rings. The number of nitrogens with one attached hydrogen (secondary N) is 1. The Balaban J connectivity index is 2.66. The average molecular weight is 267 g/mol. The average Bonchev–Trinajstić information content (AvgIpc) is 2.68. The molecule has 0 bridgehead atoms. The summed E-state index contributed by atoms with van der Waals surface area (Å²) in [6.45, 7) is 8.83. The van der Waals surface area contributed by atoms with Crippen molar-refractivity contribution in [2.24, 2.45) is 12.5 Å². The molecular formula is C14H25N3O2. The molecule has 0 saturated carbocycles. The van der Waals surface area contributed by atoms with Crippen molar-refractivity contribution >= 4 is 5.91 Å². The van der Waals surface area contributed by atoms with Gasteiger partial charge in [-0.15, -0.1) is 0 Å². The van der Waals surface area contributed by atoms with Gasteiger partial charge in [-0.3, -0.25) is 9.48 Å². The number of nitrogens with zero attached hydrogens (tertiary/aromatic N) is 2. The van der Waals surface area contributed by atoms with Crippen LogP contribution >= 0.6 is 0 Å². The van der Waals surface area contributed by atoms with E-state index in [1.807, 2.05) is 27.0 Å². The third kappa shape index (κ3) is 4.35. The van der Waals surface area contributed by atoms with Crippen molar-refractivity contribution in [1.82, 2.24) is 15.1 Å². The lowest BCUT2D eigenvalue weighted by Gasteiger charge is -2.23. The van der Waals surface area contributed by atoms with Gasteiger partial charge in [-0.1, -0.05) is 27.7 Å². The van der Waals surface area contributed by atoms with Gasteiger partial charge in [-0.05, 0) is 23.8 Å². The molecule has 108 valence electrons. The summed E-state index contributed by atoms with van der Waals surface area (Å²) in [6, 6.07) is 1.83. The molecule has 1 aromatic rings. The Hall–Kier alpha value is -1.36. The summed E-state index contributed by atoms with van der Waals surface area (Å²) in [5.74, 6) is 0.179. The van der Waals surface area contributed by atoms with Crippen molar-refractivity contribution in [2.45, 2.75) is 40.0 Å². The second kappa shape index (κ2) is 6.19. The van der Waals surface area contributed by atoms with Gasteiger partial charge in [0.2, 0.25) is 0 Å². The predicted molar refractivity (Wildman–Crippen MR) is 75.1 cm³/mol. The smallest absolute Gasteiger partial charge is 0.271 e. The molecule has 1 rings (SSSR count). The van der Waals surface area contributed by atoms with Crippen LogP contribution in [0, 0.1) is 5.41 Å². The molecule has 0 atom stereocenters. The number of amides is 1. The summed E-state index contributed by atoms with van der Waals surface area (Å²) < 4.78 is 1.75. The second-order valence-electron chi connectivity index (χ2n) is 6.05. The molecule has 19 heavy (non-hydrogen) atoms. The first-order chi connectivity index (χ1) is 8.76. The maximum Gasteiger partial charge on any atom is 0.271 e. The standard InChI is InChI=1S/C14H25N3O2/c1-10(2)12-8-11(16-17(12)5)13(19)15-9-14(3,4)6-7-18/h8,10,18H,6-7,9H2,1-5H3,(H,15,19). The van der Waals surface area contributed by atoms with E-state index in [2.05, 4.69) is 24.3 Å². The van der Waals surface area contributed by atoms with Gasteiger partial charge >= 0.3 is 0 Å². The summed E-state index contributed by atoms with van der Waals surface area (Å²) in [7, 11) is 1.85. The van der Waals surface area contributed by atoms with Gasteiger partial charge in [0.15, 0.2) is 0 Å². The third-order valence-corrected chi connectivity index (χ3v) is 3.26. The lowest BCUT2D eigenvalue weighted by atomic mass is 9.90. The van der Waals surface area contributed by atoms with Crippen molar-refractivity contribution in [3.05, 3.63) is 17.5 Å². The summed E-state index contributed by atoms with van der Waals surface area (Å²) in [6.07, 6.45) is 0.659. The van der Waals surface area contributed by atoms with E-state index < -0.39 is 0 Å². The van der Waals surface area contributed by atoms with Crippen molar-refractivity contribution in [3.63, 3.8) is 0 Å². The summed E-state index contributed by atoms with van der Waals surface area (Å²) in [5.41, 5.74) is 1.38. The fourth-order valence-electron chi connectivity index (χ4n) is 1.93. The topological polar surface area (TPSA) is 67.2 Å². The Morgan fingerprint density at radius 3 is 2.63 bits per heavy atom. The lowest BCUT2D eigenvalue weighted by Crippen LogP contribution is -2.34. The zero-order valence-electron chi connectivity index (χ0n) is 12.5. The normalized spacial score (nSPS) is 11.9. The fraction of sp³-hybridized carbons (Fsp3) is 0.714. The van der Waals surface area contributed by atoms with Crippen LogP contribution in [-0.4, -0.2) is 33.9 Å². The first kappa shape index (κ1) is 15.7. The zero-order valence-corrected chi connectivity index (χ0v) is 12.5. The number of aromatic nitrogens is 2. The molecule has 0 aliphatic carbocycles. The monoisotopic (exact) mass is 267 g/mol. The largest absolute Gasteiger partial charge is 0.396 e. The number of aryl methyl sites for hydroxylation is 1. The van der Waals surface area contributed by atoms with Crippen molar-refractivity contribution in [3.8, 4) is 0 Å². The molecule has 0 fully saturated rings. The minimum absolute atomic E-state index is 0.111. The molecule has 0 unspecified atom stereocenters. The highest BCUT2D eigenvalue weighted by Gasteiger charge is 2.20. The Morgan fingerprint density at radius 1 is 1.53 bits per heavy atom. The summed E-state index contributed by atoms with van der Waals surface area (Å²) >= 11 is 0. The molecule has 0 radical (unpaired) electrons. The molecular weight excluding hydrogens is 242 g/mol. The Kier molecular flexibility index (Phi) is 5.11. The minimum Gasteiger partial charge on any atom is -0.396 e. The number of rotatable bonds is 6. The van der Waals surface area contributed by atoms with E-state index >= 15 is 0 Å². The predicted octanol–water partition coefficient (Wildman–Crippen LogP) is 1.68. The van der Waals surface area contributed by atoms with Crippen molar-refractivity contribution in [2.75, 3.05) is 13.2 Å². The van der Waals surface area contributed by atoms with Crippen LogP contribution in [0.2, 0.25) is 0 Å². The molecule has 1 amide bonds. The Bertz CT molecular complexity index is 436. The highest BCUT2D eigenvalue weighted by Crippen LogP contribution is 2.19. The molecule has 1 aromatic heterocycles. The van der Waals surface area contributed by atoms with E-state index in [0.29, 0.717) is 24.6 Å². The molecule has 0 saturated heterocycles. The fourth-order valence-corrected chi connectivity index (χ4v) is 1.93. The zero-order chi connectivity index (χ0) is 14.6. The van der Waals surface area contributed by atoms with Crippen molar-refractivity contribution < 1.29 is 9.90 Å². The van der Waals surface area contributed by atoms with Crippen LogP contribution in [0.3, 0.4) is 0 Å². The lowest BCUT2D eigenvalue weighted by molar-refractivity contribution is 0.0922. The number of hydrogen-bond acceptors (Lipinski definition) is 3. The molecule has 0 aromatic carbocycles. The van der Waals surface area contributed by atoms with Gasteiger partial charge in [-0.25, -0.2) is 0 Å². The Labute approximate surface area is 115 Å². The van der Waals surface area contributed by atoms with Gasteiger partial charge in [0, 0.05) is 25.9 Å². The molecule has 1 heterocycles. The molecule has 2 N–H and O–H groups in total. The number of carbonyl (C=O) groups excluding carboxylic acids is 1. The molecule has 5 nitrogen and oxygen atoms in total. The SMILES string of the molecule is CC(C)c1cc(C(=O)NCC(C)(C)CCO)nn1C. The molecule has 0 spiro atoms. The van der Waals surface area contributed by atoms with Gasteiger partial charge in [0.1, 0.15) is 5.69 Å². The maximum absolute atomic E-state index is 12.0. The van der Waals surface area contributed by atoms with E-state index in [0.717, 1.165) is 5.69 Å². The molecule has 5 heteroatoms. The summed E-state index contributed by atoms with van der Waals surface area (Å²) in [4.78, 5) is 12.0. The first-order valence-electron chi connectivity index (χ1n) is 6.70. The quantitative estimate of drug-likeness (QED) is 0.824. The highest BCUT2D eigenvalue weighted by atomic mass is 16.3. The second-order valence-corrected chi connectivity index (χ2v) is 6.05. The van der Waals surface area contributed by atoms with Crippen LogP contribution in [0.4, 0.5) is 0 Å². The van der Waals surface area contributed by atoms with E-state index in [1.54, 1.807) is 4.68 Å². The van der Waals surface area contributed by atoms with Gasteiger partial charge < -0.3 is 10.4 Å². The van der Waals surface area contributed by atoms with Gasteiger partial charge in [0.05, 0.1) is 0 Å². The van der Waals surface area contributed by atoms with Crippen LogP contribution in [0.25, 0.3) is 0 Å². The number of aliphatic hydroxyl groups is 1. The van der Waals surface area contributed by atoms with Crippen molar-refractivity contribution in [1.29, 1.82) is 0 Å². The van der Waals surface area contributed by atoms with Gasteiger partial charge in [-0.2, -0.15) is 5.10 Å².